The molecule has 0 aliphatic heterocycles. The molecule has 0 heterocycles. The molecule has 12 aromatic carbocycles. The van der Waals surface area contributed by atoms with E-state index in [-0.39, 0.29) is 5.41 Å². The van der Waals surface area contributed by atoms with Crippen molar-refractivity contribution in [3.8, 4) is 55.6 Å². The van der Waals surface area contributed by atoms with Crippen molar-refractivity contribution in [2.45, 2.75) is 5.41 Å². The third-order valence-corrected chi connectivity index (χ3v) is 14.9. The van der Waals surface area contributed by atoms with Crippen LogP contribution in [0.25, 0.3) is 88.0 Å². The fraction of sp³-hybridized carbons (Fsp3) is 0.0149. The molecule has 0 unspecified atom stereocenters. The van der Waals surface area contributed by atoms with Gasteiger partial charge in [-0.15, -0.1) is 0 Å². The van der Waals surface area contributed by atoms with Gasteiger partial charge in [0.05, 0.1) is 5.41 Å². The minimum Gasteiger partial charge on any atom is -0.310 e. The van der Waals surface area contributed by atoms with Gasteiger partial charge in [-0.1, -0.05) is 218 Å². The van der Waals surface area contributed by atoms with Crippen LogP contribution in [-0.2, 0) is 5.41 Å². The lowest BCUT2D eigenvalue weighted by Crippen LogP contribution is -2.25. The van der Waals surface area contributed by atoms with Crippen LogP contribution in [0.1, 0.15) is 22.3 Å². The number of fused-ring (bicyclic) bond motifs is 16. The summed E-state index contributed by atoms with van der Waals surface area (Å²) in [5.41, 5.74) is 20.9. The summed E-state index contributed by atoms with van der Waals surface area (Å²) < 4.78 is 0. The van der Waals surface area contributed by atoms with Crippen molar-refractivity contribution in [3.63, 3.8) is 0 Å². The second-order valence-electron chi connectivity index (χ2n) is 18.3. The van der Waals surface area contributed by atoms with Crippen LogP contribution in [-0.4, -0.2) is 0 Å². The first kappa shape index (κ1) is 38.5. The molecular weight excluding hydrogens is 819 g/mol. The molecule has 12 aromatic rings. The number of hydrogen-bond acceptors (Lipinski definition) is 1. The van der Waals surface area contributed by atoms with Crippen molar-refractivity contribution in [1.29, 1.82) is 0 Å². The third-order valence-electron chi connectivity index (χ3n) is 14.9. The second-order valence-corrected chi connectivity index (χ2v) is 18.3. The van der Waals surface area contributed by atoms with Crippen LogP contribution < -0.4 is 4.90 Å². The van der Waals surface area contributed by atoms with E-state index >= 15 is 0 Å². The molecule has 2 aliphatic carbocycles. The molecule has 316 valence electrons. The maximum atomic E-state index is 2.48. The van der Waals surface area contributed by atoms with Gasteiger partial charge in [0.2, 0.25) is 0 Å². The SMILES string of the molecule is c1ccc(-c2ccc(-c3ccc(N(c4ccc(-c5ccc6c(c5)C5(c7ccccc7-c7ccccc75)c5ccccc5-6)cc4)c4ccc5c6ccccc6c6ccccc6c5c4)cc3)cc2)cc1. The first-order valence-corrected chi connectivity index (χ1v) is 23.7. The van der Waals surface area contributed by atoms with E-state index in [1.807, 2.05) is 0 Å². The van der Waals surface area contributed by atoms with Gasteiger partial charge in [-0.2, -0.15) is 0 Å². The molecule has 14 rings (SSSR count). The number of hydrogen-bond donors (Lipinski definition) is 0. The Bertz CT molecular complexity index is 3840. The third kappa shape index (κ3) is 5.69. The van der Waals surface area contributed by atoms with E-state index in [2.05, 4.69) is 266 Å². The normalized spacial score (nSPS) is 12.8. The Hall–Kier alpha value is -8.78. The second kappa shape index (κ2) is 15.1. The largest absolute Gasteiger partial charge is 0.310 e. The van der Waals surface area contributed by atoms with Crippen molar-refractivity contribution >= 4 is 49.4 Å². The minimum absolute atomic E-state index is 0.381. The van der Waals surface area contributed by atoms with E-state index in [0.29, 0.717) is 0 Å². The van der Waals surface area contributed by atoms with Gasteiger partial charge >= 0.3 is 0 Å². The summed E-state index contributed by atoms with van der Waals surface area (Å²) >= 11 is 0. The van der Waals surface area contributed by atoms with Crippen LogP contribution in [0.4, 0.5) is 17.1 Å². The molecule has 0 bridgehead atoms. The van der Waals surface area contributed by atoms with Crippen molar-refractivity contribution in [1.82, 2.24) is 0 Å². The van der Waals surface area contributed by atoms with Gasteiger partial charge in [0, 0.05) is 17.1 Å². The first-order valence-electron chi connectivity index (χ1n) is 23.7. The van der Waals surface area contributed by atoms with Crippen LogP contribution in [0.2, 0.25) is 0 Å². The topological polar surface area (TPSA) is 3.24 Å². The zero-order chi connectivity index (χ0) is 44.8. The smallest absolute Gasteiger partial charge is 0.0725 e. The number of rotatable bonds is 6. The van der Waals surface area contributed by atoms with Crippen LogP contribution >= 0.6 is 0 Å². The van der Waals surface area contributed by atoms with Gasteiger partial charge in [0.15, 0.2) is 0 Å². The highest BCUT2D eigenvalue weighted by Crippen LogP contribution is 2.63. The highest BCUT2D eigenvalue weighted by Gasteiger charge is 2.51. The van der Waals surface area contributed by atoms with Gasteiger partial charge in [-0.05, 0) is 153 Å². The first-order chi connectivity index (χ1) is 33.7. The molecule has 0 N–H and O–H groups in total. The van der Waals surface area contributed by atoms with Crippen molar-refractivity contribution in [3.05, 3.63) is 283 Å². The summed E-state index contributed by atoms with van der Waals surface area (Å²) in [7, 11) is 0. The van der Waals surface area contributed by atoms with E-state index < -0.39 is 0 Å². The van der Waals surface area contributed by atoms with E-state index in [1.165, 1.54) is 110 Å². The monoisotopic (exact) mass is 861 g/mol. The molecule has 0 fully saturated rings. The predicted molar refractivity (Wildman–Crippen MR) is 286 cm³/mol. The Morgan fingerprint density at radius 1 is 0.206 bits per heavy atom. The molecule has 0 amide bonds. The molecule has 0 radical (unpaired) electrons. The van der Waals surface area contributed by atoms with Gasteiger partial charge in [0.25, 0.3) is 0 Å². The molecule has 1 spiro atoms. The van der Waals surface area contributed by atoms with Gasteiger partial charge in [-0.25, -0.2) is 0 Å². The molecule has 68 heavy (non-hydrogen) atoms. The highest BCUT2D eigenvalue weighted by atomic mass is 15.1. The minimum atomic E-state index is -0.381. The molecule has 0 aromatic heterocycles. The highest BCUT2D eigenvalue weighted by molar-refractivity contribution is 6.25. The van der Waals surface area contributed by atoms with Crippen LogP contribution in [0.5, 0.6) is 0 Å². The summed E-state index contributed by atoms with van der Waals surface area (Å²) in [4.78, 5) is 2.41. The summed E-state index contributed by atoms with van der Waals surface area (Å²) in [6.07, 6.45) is 0. The fourth-order valence-corrected chi connectivity index (χ4v) is 11.8. The molecule has 2 aliphatic rings. The Kier molecular flexibility index (Phi) is 8.57. The average molecular weight is 862 g/mol. The number of anilines is 3. The Morgan fingerprint density at radius 2 is 0.544 bits per heavy atom. The molecule has 1 heteroatoms. The summed E-state index contributed by atoms with van der Waals surface area (Å²) in [6, 6.07) is 96.7. The lowest BCUT2D eigenvalue weighted by atomic mass is 9.70. The summed E-state index contributed by atoms with van der Waals surface area (Å²) in [5.74, 6) is 0. The maximum absolute atomic E-state index is 2.48. The van der Waals surface area contributed by atoms with Crippen LogP contribution in [0, 0.1) is 0 Å². The summed E-state index contributed by atoms with van der Waals surface area (Å²) in [5, 5.41) is 7.60. The Balaban J connectivity index is 0.894. The van der Waals surface area contributed by atoms with Crippen LogP contribution in [0.3, 0.4) is 0 Å². The van der Waals surface area contributed by atoms with E-state index in [1.54, 1.807) is 0 Å². The number of benzene rings is 12. The van der Waals surface area contributed by atoms with Gasteiger partial charge in [0.1, 0.15) is 0 Å². The molecule has 0 saturated carbocycles. The van der Waals surface area contributed by atoms with Crippen molar-refractivity contribution in [2.24, 2.45) is 0 Å². The fourth-order valence-electron chi connectivity index (χ4n) is 11.8. The maximum Gasteiger partial charge on any atom is 0.0725 e. The van der Waals surface area contributed by atoms with Gasteiger partial charge in [-0.3, -0.25) is 0 Å². The lowest BCUT2D eigenvalue weighted by molar-refractivity contribution is 0.794. The van der Waals surface area contributed by atoms with Crippen LogP contribution in [0.15, 0.2) is 261 Å². The summed E-state index contributed by atoms with van der Waals surface area (Å²) in [6.45, 7) is 0. The quantitative estimate of drug-likeness (QED) is 0.151. The predicted octanol–water partition coefficient (Wildman–Crippen LogP) is 18.0. The van der Waals surface area contributed by atoms with Crippen molar-refractivity contribution in [2.75, 3.05) is 4.90 Å². The molecule has 1 nitrogen and oxygen atoms in total. The Labute approximate surface area is 396 Å². The zero-order valence-electron chi connectivity index (χ0n) is 37.3. The standard InChI is InChI=1S/C67H43N/c1-2-14-44(15-3-1)45-26-28-46(29-27-45)47-30-35-50(36-31-47)68(52-39-41-57-55-18-5-4-16-53(55)54-17-6-7-19-56(54)62(57)43-52)51-37-32-48(33-38-51)49-34-40-61-60-22-10-13-25-65(60)67(66(61)42-49)63-23-11-8-20-58(63)59-21-9-12-24-64(59)67/h1-43H. The number of nitrogens with zero attached hydrogens (tertiary/aromatic N) is 1. The average Bonchev–Trinajstić information content (AvgIpc) is 3.89. The van der Waals surface area contributed by atoms with E-state index in [4.69, 9.17) is 0 Å². The lowest BCUT2D eigenvalue weighted by Gasteiger charge is -2.30. The van der Waals surface area contributed by atoms with E-state index in [0.717, 1.165) is 17.1 Å². The molecule has 0 atom stereocenters. The molecular formula is C67H43N. The Morgan fingerprint density at radius 3 is 1.04 bits per heavy atom. The van der Waals surface area contributed by atoms with E-state index in [9.17, 15) is 0 Å². The van der Waals surface area contributed by atoms with Gasteiger partial charge < -0.3 is 4.90 Å². The zero-order valence-corrected chi connectivity index (χ0v) is 37.3. The molecule has 0 saturated heterocycles. The van der Waals surface area contributed by atoms with Crippen molar-refractivity contribution < 1.29 is 0 Å².